The Bertz CT molecular complexity index is 1000. The zero-order valence-corrected chi connectivity index (χ0v) is 15.9. The summed E-state index contributed by atoms with van der Waals surface area (Å²) in [6, 6.07) is 13.8. The van der Waals surface area contributed by atoms with Gasteiger partial charge in [-0.1, -0.05) is 0 Å². The van der Waals surface area contributed by atoms with Gasteiger partial charge >= 0.3 is 0 Å². The van der Waals surface area contributed by atoms with E-state index in [0.29, 0.717) is 5.56 Å². The molecule has 6 nitrogen and oxygen atoms in total. The lowest BCUT2D eigenvalue weighted by Gasteiger charge is -2.28. The first-order valence-corrected chi connectivity index (χ1v) is 9.59. The quantitative estimate of drug-likeness (QED) is 0.633. The number of primary amides is 1. The van der Waals surface area contributed by atoms with Crippen molar-refractivity contribution in [1.29, 1.82) is 0 Å². The summed E-state index contributed by atoms with van der Waals surface area (Å²) in [6.07, 6.45) is 5.06. The predicted molar refractivity (Wildman–Crippen MR) is 110 cm³/mol. The van der Waals surface area contributed by atoms with Crippen LogP contribution in [-0.4, -0.2) is 34.8 Å². The third-order valence-electron chi connectivity index (χ3n) is 5.50. The number of carbonyl (C=O) groups excluding carboxylic acids is 1. The Balaban J connectivity index is 1.71. The van der Waals surface area contributed by atoms with Crippen LogP contribution >= 0.6 is 0 Å². The number of nitrogens with zero attached hydrogens (tertiary/aromatic N) is 1. The van der Waals surface area contributed by atoms with Crippen molar-refractivity contribution in [2.24, 2.45) is 5.73 Å². The molecular formula is C22H25N3O3. The Morgan fingerprint density at radius 1 is 1.14 bits per heavy atom. The van der Waals surface area contributed by atoms with Crippen molar-refractivity contribution in [2.75, 3.05) is 12.4 Å². The maximum absolute atomic E-state index is 11.9. The number of nitrogens with one attached hydrogen (secondary N) is 1. The molecule has 0 radical (unpaired) electrons. The molecule has 0 bridgehead atoms. The fourth-order valence-electron chi connectivity index (χ4n) is 3.92. The molecule has 2 aromatic carbocycles. The monoisotopic (exact) mass is 379 g/mol. The Morgan fingerprint density at radius 3 is 2.64 bits per heavy atom. The molecule has 0 aliphatic heterocycles. The number of hydrogen-bond donors (Lipinski definition) is 3. The van der Waals surface area contributed by atoms with E-state index in [1.165, 1.54) is 0 Å². The molecule has 6 heteroatoms. The number of hydrogen-bond acceptors (Lipinski definition) is 4. The smallest absolute Gasteiger partial charge is 0.250 e. The number of anilines is 1. The molecule has 1 fully saturated rings. The van der Waals surface area contributed by atoms with Gasteiger partial charge in [0.1, 0.15) is 5.75 Å². The molecule has 1 aliphatic carbocycles. The highest BCUT2D eigenvalue weighted by atomic mass is 16.5. The molecule has 28 heavy (non-hydrogen) atoms. The summed E-state index contributed by atoms with van der Waals surface area (Å²) >= 11 is 0. The summed E-state index contributed by atoms with van der Waals surface area (Å²) in [4.78, 5) is 11.9. The van der Waals surface area contributed by atoms with Gasteiger partial charge < -0.3 is 25.5 Å². The molecule has 0 spiro atoms. The highest BCUT2D eigenvalue weighted by molar-refractivity contribution is 5.99. The minimum Gasteiger partial charge on any atom is -0.497 e. The van der Waals surface area contributed by atoms with Crippen molar-refractivity contribution in [3.05, 3.63) is 54.2 Å². The summed E-state index contributed by atoms with van der Waals surface area (Å²) in [6.45, 7) is 0. The maximum Gasteiger partial charge on any atom is 0.250 e. The van der Waals surface area contributed by atoms with E-state index in [9.17, 15) is 9.90 Å². The number of carbonyl (C=O) groups is 1. The van der Waals surface area contributed by atoms with Gasteiger partial charge in [-0.25, -0.2) is 0 Å². The lowest BCUT2D eigenvalue weighted by molar-refractivity contribution is 0.100. The van der Waals surface area contributed by atoms with Gasteiger partial charge in [-0.05, 0) is 62.1 Å². The topological polar surface area (TPSA) is 89.5 Å². The van der Waals surface area contributed by atoms with Crippen LogP contribution in [0.25, 0.3) is 16.6 Å². The van der Waals surface area contributed by atoms with E-state index in [1.807, 2.05) is 42.6 Å². The number of fused-ring (bicyclic) bond motifs is 1. The third kappa shape index (κ3) is 3.55. The zero-order chi connectivity index (χ0) is 19.7. The van der Waals surface area contributed by atoms with Gasteiger partial charge in [-0.3, -0.25) is 4.79 Å². The average molecular weight is 379 g/mol. The van der Waals surface area contributed by atoms with Gasteiger partial charge in [0, 0.05) is 35.1 Å². The van der Waals surface area contributed by atoms with Gasteiger partial charge in [-0.15, -0.1) is 0 Å². The highest BCUT2D eigenvalue weighted by Crippen LogP contribution is 2.29. The summed E-state index contributed by atoms with van der Waals surface area (Å²) in [5, 5.41) is 14.3. The molecule has 1 aromatic heterocycles. The summed E-state index contributed by atoms with van der Waals surface area (Å²) in [5.41, 5.74) is 8.77. The number of aromatic nitrogens is 1. The summed E-state index contributed by atoms with van der Waals surface area (Å²) in [5.74, 6) is 0.337. The molecular weight excluding hydrogens is 354 g/mol. The molecule has 1 heterocycles. The summed E-state index contributed by atoms with van der Waals surface area (Å²) < 4.78 is 7.43. The van der Waals surface area contributed by atoms with E-state index in [2.05, 4.69) is 9.88 Å². The zero-order valence-electron chi connectivity index (χ0n) is 15.9. The first-order chi connectivity index (χ1) is 13.5. The number of methoxy groups -OCH3 is 1. The molecule has 0 atom stereocenters. The lowest BCUT2D eigenvalue weighted by Crippen LogP contribution is -2.29. The Kier molecular flexibility index (Phi) is 4.96. The van der Waals surface area contributed by atoms with Crippen LogP contribution in [0.4, 0.5) is 5.69 Å². The van der Waals surface area contributed by atoms with Gasteiger partial charge in [0.2, 0.25) is 0 Å². The van der Waals surface area contributed by atoms with E-state index < -0.39 is 5.91 Å². The molecule has 0 unspecified atom stereocenters. The van der Waals surface area contributed by atoms with Crippen molar-refractivity contribution in [3.63, 3.8) is 0 Å². The minimum atomic E-state index is -0.455. The van der Waals surface area contributed by atoms with Gasteiger partial charge in [0.25, 0.3) is 5.91 Å². The van der Waals surface area contributed by atoms with Crippen LogP contribution in [0.15, 0.2) is 48.7 Å². The molecule has 3 aromatic rings. The second-order valence-electron chi connectivity index (χ2n) is 7.35. The number of benzene rings is 2. The van der Waals surface area contributed by atoms with Gasteiger partial charge in [0.15, 0.2) is 0 Å². The number of aliphatic hydroxyl groups is 1. The van der Waals surface area contributed by atoms with Gasteiger partial charge in [0.05, 0.1) is 24.3 Å². The molecule has 4 rings (SSSR count). The number of nitrogens with two attached hydrogens (primary N) is 1. The van der Waals surface area contributed by atoms with Crippen LogP contribution in [0.2, 0.25) is 0 Å². The van der Waals surface area contributed by atoms with E-state index >= 15 is 0 Å². The molecule has 146 valence electrons. The highest BCUT2D eigenvalue weighted by Gasteiger charge is 2.21. The number of ether oxygens (including phenoxy) is 1. The maximum atomic E-state index is 11.9. The first kappa shape index (κ1) is 18.4. The second-order valence-corrected chi connectivity index (χ2v) is 7.35. The van der Waals surface area contributed by atoms with Crippen molar-refractivity contribution in [3.8, 4) is 11.4 Å². The van der Waals surface area contributed by atoms with Crippen molar-refractivity contribution >= 4 is 22.5 Å². The van der Waals surface area contributed by atoms with Crippen LogP contribution < -0.4 is 15.8 Å². The van der Waals surface area contributed by atoms with Crippen LogP contribution in [0.3, 0.4) is 0 Å². The van der Waals surface area contributed by atoms with Crippen LogP contribution in [0.5, 0.6) is 5.75 Å². The molecule has 1 amide bonds. The van der Waals surface area contributed by atoms with Crippen molar-refractivity contribution in [1.82, 2.24) is 4.57 Å². The first-order valence-electron chi connectivity index (χ1n) is 9.59. The standard InChI is InChI=1S/C22H25N3O3/c1-28-18-8-2-14-10-11-25(21(14)13-18)16-5-9-19(22(23)27)20(12-16)24-15-3-6-17(26)7-4-15/h2,5,8-13,15,17,24,26H,3-4,6-7H2,1H3,(H2,23,27). The minimum absolute atomic E-state index is 0.221. The molecule has 1 saturated carbocycles. The second kappa shape index (κ2) is 7.56. The van der Waals surface area contributed by atoms with Crippen molar-refractivity contribution < 1.29 is 14.6 Å². The number of amides is 1. The van der Waals surface area contributed by atoms with Crippen LogP contribution in [0, 0.1) is 0 Å². The fourth-order valence-corrected chi connectivity index (χ4v) is 3.92. The Labute approximate surface area is 163 Å². The van der Waals surface area contributed by atoms with E-state index in [4.69, 9.17) is 10.5 Å². The SMILES string of the molecule is COc1ccc2ccn(-c3ccc(C(N)=O)c(NC4CCC(O)CC4)c3)c2c1. The third-order valence-corrected chi connectivity index (χ3v) is 5.50. The van der Waals surface area contributed by atoms with E-state index in [0.717, 1.165) is 53.7 Å². The van der Waals surface area contributed by atoms with E-state index in [-0.39, 0.29) is 12.1 Å². The largest absolute Gasteiger partial charge is 0.497 e. The van der Waals surface area contributed by atoms with E-state index in [1.54, 1.807) is 13.2 Å². The summed E-state index contributed by atoms with van der Waals surface area (Å²) in [7, 11) is 1.65. The predicted octanol–water partition coefficient (Wildman–Crippen LogP) is 3.45. The van der Waals surface area contributed by atoms with Crippen molar-refractivity contribution in [2.45, 2.75) is 37.8 Å². The van der Waals surface area contributed by atoms with Crippen LogP contribution in [0.1, 0.15) is 36.0 Å². The molecule has 1 aliphatic rings. The molecule has 0 saturated heterocycles. The lowest BCUT2D eigenvalue weighted by atomic mass is 9.92. The Morgan fingerprint density at radius 2 is 1.93 bits per heavy atom. The van der Waals surface area contributed by atoms with Gasteiger partial charge in [-0.2, -0.15) is 0 Å². The number of aliphatic hydroxyl groups excluding tert-OH is 1. The number of rotatable bonds is 5. The van der Waals surface area contributed by atoms with Crippen LogP contribution in [-0.2, 0) is 0 Å². The average Bonchev–Trinajstić information content (AvgIpc) is 3.12. The Hall–Kier alpha value is -2.99. The molecule has 4 N–H and O–H groups in total. The normalized spacial score (nSPS) is 19.5. The fraction of sp³-hybridized carbons (Fsp3) is 0.318.